The standard InChI is InChI=1S/C17H15N3O2/c1-12-18-16(19-22-12)13-8-10-14(11-9-13)17(21)20(2)15-6-4-3-5-7-15/h3-11H,1-2H3. The van der Waals surface area contributed by atoms with E-state index in [1.165, 1.54) is 0 Å². The van der Waals surface area contributed by atoms with Crippen LogP contribution in [0.15, 0.2) is 59.1 Å². The van der Waals surface area contributed by atoms with Crippen LogP contribution in [0.1, 0.15) is 16.2 Å². The maximum atomic E-state index is 12.5. The topological polar surface area (TPSA) is 59.2 Å². The third-order valence-electron chi connectivity index (χ3n) is 3.37. The number of hydrogen-bond acceptors (Lipinski definition) is 4. The Bertz CT molecular complexity index is 779. The van der Waals surface area contributed by atoms with E-state index in [2.05, 4.69) is 10.1 Å². The molecule has 3 rings (SSSR count). The quantitative estimate of drug-likeness (QED) is 0.743. The van der Waals surface area contributed by atoms with Gasteiger partial charge in [-0.1, -0.05) is 35.5 Å². The molecule has 0 saturated heterocycles. The number of carbonyl (C=O) groups excluding carboxylic acids is 1. The summed E-state index contributed by atoms with van der Waals surface area (Å²) < 4.78 is 4.96. The number of carbonyl (C=O) groups is 1. The number of aromatic nitrogens is 2. The molecule has 0 N–H and O–H groups in total. The molecule has 0 bridgehead atoms. The van der Waals surface area contributed by atoms with Gasteiger partial charge in [0.1, 0.15) is 0 Å². The first-order valence-corrected chi connectivity index (χ1v) is 6.89. The molecule has 0 spiro atoms. The highest BCUT2D eigenvalue weighted by atomic mass is 16.5. The van der Waals surface area contributed by atoms with Gasteiger partial charge in [0.15, 0.2) is 0 Å². The van der Waals surface area contributed by atoms with Crippen LogP contribution in [-0.4, -0.2) is 23.1 Å². The first kappa shape index (κ1) is 14.0. The number of aryl methyl sites for hydroxylation is 1. The summed E-state index contributed by atoms with van der Waals surface area (Å²) in [6, 6.07) is 16.7. The van der Waals surface area contributed by atoms with Crippen LogP contribution in [0.25, 0.3) is 11.4 Å². The molecule has 5 nitrogen and oxygen atoms in total. The number of hydrogen-bond donors (Lipinski definition) is 0. The van der Waals surface area contributed by atoms with E-state index in [0.717, 1.165) is 11.3 Å². The van der Waals surface area contributed by atoms with E-state index in [0.29, 0.717) is 17.3 Å². The summed E-state index contributed by atoms with van der Waals surface area (Å²) in [5.41, 5.74) is 2.27. The minimum atomic E-state index is -0.0676. The fourth-order valence-electron chi connectivity index (χ4n) is 2.14. The summed E-state index contributed by atoms with van der Waals surface area (Å²) in [5.74, 6) is 0.967. The summed E-state index contributed by atoms with van der Waals surface area (Å²) in [5, 5.41) is 3.86. The zero-order valence-electron chi connectivity index (χ0n) is 12.4. The maximum absolute atomic E-state index is 12.5. The lowest BCUT2D eigenvalue weighted by Gasteiger charge is -2.17. The summed E-state index contributed by atoms with van der Waals surface area (Å²) in [4.78, 5) is 18.3. The summed E-state index contributed by atoms with van der Waals surface area (Å²) >= 11 is 0. The minimum Gasteiger partial charge on any atom is -0.339 e. The molecule has 1 heterocycles. The van der Waals surface area contributed by atoms with E-state index in [1.807, 2.05) is 42.5 Å². The number of amides is 1. The molecule has 0 aliphatic rings. The highest BCUT2D eigenvalue weighted by Gasteiger charge is 2.14. The molecule has 1 amide bonds. The van der Waals surface area contributed by atoms with Gasteiger partial charge >= 0.3 is 0 Å². The molecule has 0 radical (unpaired) electrons. The fourth-order valence-corrected chi connectivity index (χ4v) is 2.14. The van der Waals surface area contributed by atoms with Crippen molar-refractivity contribution in [2.24, 2.45) is 0 Å². The summed E-state index contributed by atoms with van der Waals surface area (Å²) in [7, 11) is 1.76. The Morgan fingerprint density at radius 3 is 2.32 bits per heavy atom. The van der Waals surface area contributed by atoms with Crippen LogP contribution in [0.2, 0.25) is 0 Å². The molecule has 5 heteroatoms. The van der Waals surface area contributed by atoms with Crippen LogP contribution in [0.5, 0.6) is 0 Å². The molecular weight excluding hydrogens is 278 g/mol. The number of rotatable bonds is 3. The first-order chi connectivity index (χ1) is 10.6. The Morgan fingerprint density at radius 2 is 1.73 bits per heavy atom. The van der Waals surface area contributed by atoms with Gasteiger partial charge in [-0.15, -0.1) is 0 Å². The third-order valence-corrected chi connectivity index (χ3v) is 3.37. The van der Waals surface area contributed by atoms with Crippen molar-refractivity contribution in [2.45, 2.75) is 6.92 Å². The molecule has 0 fully saturated rings. The lowest BCUT2D eigenvalue weighted by molar-refractivity contribution is 0.0993. The molecule has 0 unspecified atom stereocenters. The number of nitrogens with zero attached hydrogens (tertiary/aromatic N) is 3. The van der Waals surface area contributed by atoms with Gasteiger partial charge in [0.05, 0.1) is 0 Å². The predicted octanol–water partition coefficient (Wildman–Crippen LogP) is 3.32. The molecule has 22 heavy (non-hydrogen) atoms. The van der Waals surface area contributed by atoms with E-state index < -0.39 is 0 Å². The van der Waals surface area contributed by atoms with Crippen LogP contribution in [0, 0.1) is 6.92 Å². The van der Waals surface area contributed by atoms with Crippen LogP contribution < -0.4 is 4.90 Å². The normalized spacial score (nSPS) is 10.5. The van der Waals surface area contributed by atoms with E-state index in [1.54, 1.807) is 31.0 Å². The summed E-state index contributed by atoms with van der Waals surface area (Å²) in [6.07, 6.45) is 0. The Hall–Kier alpha value is -2.95. The van der Waals surface area contributed by atoms with E-state index in [9.17, 15) is 4.79 Å². The largest absolute Gasteiger partial charge is 0.339 e. The van der Waals surface area contributed by atoms with Gasteiger partial charge in [0.25, 0.3) is 5.91 Å². The number of benzene rings is 2. The van der Waals surface area contributed by atoms with Gasteiger partial charge in [-0.25, -0.2) is 0 Å². The van der Waals surface area contributed by atoms with E-state index >= 15 is 0 Å². The lowest BCUT2D eigenvalue weighted by Crippen LogP contribution is -2.25. The molecule has 1 aromatic heterocycles. The second-order valence-corrected chi connectivity index (χ2v) is 4.91. The highest BCUT2D eigenvalue weighted by Crippen LogP contribution is 2.19. The highest BCUT2D eigenvalue weighted by molar-refractivity contribution is 6.05. The van der Waals surface area contributed by atoms with Gasteiger partial charge in [0, 0.05) is 30.8 Å². The van der Waals surface area contributed by atoms with Crippen LogP contribution >= 0.6 is 0 Å². The average Bonchev–Trinajstić information content (AvgIpc) is 3.01. The first-order valence-electron chi connectivity index (χ1n) is 6.89. The van der Waals surface area contributed by atoms with Crippen molar-refractivity contribution in [3.8, 4) is 11.4 Å². The van der Waals surface area contributed by atoms with Crippen molar-refractivity contribution in [3.63, 3.8) is 0 Å². The van der Waals surface area contributed by atoms with E-state index in [-0.39, 0.29) is 5.91 Å². The van der Waals surface area contributed by atoms with Crippen molar-refractivity contribution in [3.05, 3.63) is 66.1 Å². The third kappa shape index (κ3) is 2.74. The van der Waals surface area contributed by atoms with E-state index in [4.69, 9.17) is 4.52 Å². The number of anilines is 1. The molecule has 0 aliphatic heterocycles. The van der Waals surface area contributed by atoms with Gasteiger partial charge in [0.2, 0.25) is 11.7 Å². The zero-order valence-corrected chi connectivity index (χ0v) is 12.4. The smallest absolute Gasteiger partial charge is 0.258 e. The Labute approximate surface area is 128 Å². The van der Waals surface area contributed by atoms with Gasteiger partial charge in [-0.2, -0.15) is 4.98 Å². The average molecular weight is 293 g/mol. The van der Waals surface area contributed by atoms with Crippen molar-refractivity contribution in [1.29, 1.82) is 0 Å². The second kappa shape index (κ2) is 5.81. The molecule has 3 aromatic rings. The van der Waals surface area contributed by atoms with Crippen LogP contribution in [-0.2, 0) is 0 Å². The Balaban J connectivity index is 1.82. The Morgan fingerprint density at radius 1 is 1.05 bits per heavy atom. The number of para-hydroxylation sites is 1. The van der Waals surface area contributed by atoms with Crippen LogP contribution in [0.3, 0.4) is 0 Å². The monoisotopic (exact) mass is 293 g/mol. The molecule has 110 valence electrons. The molecule has 0 aliphatic carbocycles. The second-order valence-electron chi connectivity index (χ2n) is 4.91. The molecular formula is C17H15N3O2. The summed E-state index contributed by atoms with van der Waals surface area (Å²) in [6.45, 7) is 1.74. The van der Waals surface area contributed by atoms with Gasteiger partial charge in [-0.3, -0.25) is 4.79 Å². The predicted molar refractivity (Wildman–Crippen MR) is 83.6 cm³/mol. The molecule has 0 atom stereocenters. The zero-order chi connectivity index (χ0) is 15.5. The van der Waals surface area contributed by atoms with Crippen molar-refractivity contribution >= 4 is 11.6 Å². The van der Waals surface area contributed by atoms with Crippen molar-refractivity contribution < 1.29 is 9.32 Å². The van der Waals surface area contributed by atoms with Crippen molar-refractivity contribution in [2.75, 3.05) is 11.9 Å². The van der Waals surface area contributed by atoms with Crippen molar-refractivity contribution in [1.82, 2.24) is 10.1 Å². The SMILES string of the molecule is Cc1nc(-c2ccc(C(=O)N(C)c3ccccc3)cc2)no1. The molecule has 2 aromatic carbocycles. The molecule has 0 saturated carbocycles. The minimum absolute atomic E-state index is 0.0676. The lowest BCUT2D eigenvalue weighted by atomic mass is 10.1. The van der Waals surface area contributed by atoms with Gasteiger partial charge < -0.3 is 9.42 Å². The van der Waals surface area contributed by atoms with Crippen LogP contribution in [0.4, 0.5) is 5.69 Å². The fraction of sp³-hybridized carbons (Fsp3) is 0.118. The maximum Gasteiger partial charge on any atom is 0.258 e. The Kier molecular flexibility index (Phi) is 3.70. The van der Waals surface area contributed by atoms with Gasteiger partial charge in [-0.05, 0) is 24.3 Å².